The molecule has 1 rings (SSSR count). The van der Waals surface area contributed by atoms with Crippen LogP contribution >= 0.6 is 0 Å². The summed E-state index contributed by atoms with van der Waals surface area (Å²) in [5.41, 5.74) is 0.506. The molecule has 0 heterocycles. The van der Waals surface area contributed by atoms with Crippen molar-refractivity contribution in [3.8, 4) is 0 Å². The van der Waals surface area contributed by atoms with Crippen molar-refractivity contribution in [2.75, 3.05) is 7.11 Å². The molecule has 1 aromatic carbocycles. The first-order chi connectivity index (χ1) is 7.54. The molecule has 0 N–H and O–H groups in total. The SMILES string of the molecule is COC(=O)C(=Cc1ccc(F)cc1)C(C)=O. The van der Waals surface area contributed by atoms with Gasteiger partial charge < -0.3 is 4.74 Å². The minimum atomic E-state index is -0.697. The summed E-state index contributed by atoms with van der Waals surface area (Å²) in [6.07, 6.45) is 1.37. The molecule has 16 heavy (non-hydrogen) atoms. The number of esters is 1. The second-order valence-electron chi connectivity index (χ2n) is 3.16. The third kappa shape index (κ3) is 3.02. The van der Waals surface area contributed by atoms with Gasteiger partial charge in [-0.2, -0.15) is 0 Å². The molecular formula is C12H11FO3. The minimum Gasteiger partial charge on any atom is -0.465 e. The van der Waals surface area contributed by atoms with E-state index in [4.69, 9.17) is 0 Å². The van der Waals surface area contributed by atoms with E-state index in [1.807, 2.05) is 0 Å². The van der Waals surface area contributed by atoms with Crippen molar-refractivity contribution >= 4 is 17.8 Å². The van der Waals surface area contributed by atoms with Crippen LogP contribution in [0, 0.1) is 5.82 Å². The van der Waals surface area contributed by atoms with Gasteiger partial charge in [-0.05, 0) is 30.7 Å². The summed E-state index contributed by atoms with van der Waals surface area (Å²) >= 11 is 0. The lowest BCUT2D eigenvalue weighted by Crippen LogP contribution is -2.11. The molecule has 84 valence electrons. The molecule has 0 aliphatic heterocycles. The van der Waals surface area contributed by atoms with Gasteiger partial charge in [0, 0.05) is 0 Å². The topological polar surface area (TPSA) is 43.4 Å². The van der Waals surface area contributed by atoms with Crippen molar-refractivity contribution in [3.05, 3.63) is 41.2 Å². The molecule has 0 radical (unpaired) electrons. The fraction of sp³-hybridized carbons (Fsp3) is 0.167. The maximum Gasteiger partial charge on any atom is 0.341 e. The average molecular weight is 222 g/mol. The Morgan fingerprint density at radius 3 is 2.25 bits per heavy atom. The van der Waals surface area contributed by atoms with Gasteiger partial charge in [0.15, 0.2) is 5.78 Å². The van der Waals surface area contributed by atoms with Gasteiger partial charge in [0.2, 0.25) is 0 Å². The fourth-order valence-electron chi connectivity index (χ4n) is 1.14. The van der Waals surface area contributed by atoms with Crippen LogP contribution in [0.25, 0.3) is 6.08 Å². The largest absolute Gasteiger partial charge is 0.465 e. The molecule has 0 saturated carbocycles. The Hall–Kier alpha value is -1.97. The van der Waals surface area contributed by atoms with Crippen molar-refractivity contribution in [1.82, 2.24) is 0 Å². The number of carbonyl (C=O) groups excluding carboxylic acids is 2. The second kappa shape index (κ2) is 5.21. The number of ketones is 1. The Balaban J connectivity index is 3.07. The summed E-state index contributed by atoms with van der Waals surface area (Å²) < 4.78 is 17.1. The molecule has 0 atom stereocenters. The lowest BCUT2D eigenvalue weighted by Gasteiger charge is -2.01. The minimum absolute atomic E-state index is 0.0610. The zero-order chi connectivity index (χ0) is 12.1. The van der Waals surface area contributed by atoms with Crippen molar-refractivity contribution < 1.29 is 18.7 Å². The fourth-order valence-corrected chi connectivity index (χ4v) is 1.14. The zero-order valence-corrected chi connectivity index (χ0v) is 8.99. The molecule has 0 amide bonds. The van der Waals surface area contributed by atoms with Gasteiger partial charge >= 0.3 is 5.97 Å². The summed E-state index contributed by atoms with van der Waals surface area (Å²) in [5.74, 6) is -1.47. The quantitative estimate of drug-likeness (QED) is 0.340. The van der Waals surface area contributed by atoms with Gasteiger partial charge in [-0.3, -0.25) is 4.79 Å². The van der Waals surface area contributed by atoms with Crippen LogP contribution in [0.1, 0.15) is 12.5 Å². The third-order valence-electron chi connectivity index (χ3n) is 1.97. The van der Waals surface area contributed by atoms with Gasteiger partial charge in [-0.25, -0.2) is 9.18 Å². The van der Waals surface area contributed by atoms with E-state index in [2.05, 4.69) is 4.74 Å². The van der Waals surface area contributed by atoms with Crippen LogP contribution in [-0.2, 0) is 14.3 Å². The van der Waals surface area contributed by atoms with Crippen LogP contribution in [-0.4, -0.2) is 18.9 Å². The Bertz CT molecular complexity index is 432. The highest BCUT2D eigenvalue weighted by Crippen LogP contribution is 2.10. The van der Waals surface area contributed by atoms with Crippen molar-refractivity contribution in [2.24, 2.45) is 0 Å². The van der Waals surface area contributed by atoms with Gasteiger partial charge in [0.1, 0.15) is 11.4 Å². The smallest absolute Gasteiger partial charge is 0.341 e. The van der Waals surface area contributed by atoms with Crippen LogP contribution < -0.4 is 0 Å². The summed E-state index contributed by atoms with van der Waals surface area (Å²) in [5, 5.41) is 0. The van der Waals surface area contributed by atoms with Gasteiger partial charge in [-0.15, -0.1) is 0 Å². The molecule has 4 heteroatoms. The predicted octanol–water partition coefficient (Wildman–Crippen LogP) is 1.97. The maximum absolute atomic E-state index is 12.6. The van der Waals surface area contributed by atoms with Crippen LogP contribution in [0.4, 0.5) is 4.39 Å². The standard InChI is InChI=1S/C12H11FO3/c1-8(14)11(12(15)16-2)7-9-3-5-10(13)6-4-9/h3-7H,1-2H3. The third-order valence-corrected chi connectivity index (χ3v) is 1.97. The van der Waals surface area contributed by atoms with Crippen LogP contribution in [0.3, 0.4) is 0 Å². The summed E-state index contributed by atoms with van der Waals surface area (Å²) in [6, 6.07) is 5.45. The Morgan fingerprint density at radius 2 is 1.81 bits per heavy atom. The molecule has 0 unspecified atom stereocenters. The van der Waals surface area contributed by atoms with Crippen molar-refractivity contribution in [3.63, 3.8) is 0 Å². The summed E-state index contributed by atoms with van der Waals surface area (Å²) in [4.78, 5) is 22.4. The summed E-state index contributed by atoms with van der Waals surface area (Å²) in [6.45, 7) is 1.27. The molecule has 0 aliphatic carbocycles. The molecule has 0 bridgehead atoms. The van der Waals surface area contributed by atoms with E-state index in [0.717, 1.165) is 0 Å². The van der Waals surface area contributed by atoms with Crippen molar-refractivity contribution in [2.45, 2.75) is 6.92 Å². The van der Waals surface area contributed by atoms with E-state index in [1.165, 1.54) is 44.4 Å². The number of hydrogen-bond acceptors (Lipinski definition) is 3. The van der Waals surface area contributed by atoms with E-state index in [9.17, 15) is 14.0 Å². The number of halogens is 1. The Morgan fingerprint density at radius 1 is 1.25 bits per heavy atom. The van der Waals surface area contributed by atoms with Crippen molar-refractivity contribution in [1.29, 1.82) is 0 Å². The van der Waals surface area contributed by atoms with Crippen LogP contribution in [0.5, 0.6) is 0 Å². The molecular weight excluding hydrogens is 211 g/mol. The number of hydrogen-bond donors (Lipinski definition) is 0. The molecule has 0 aliphatic rings. The second-order valence-corrected chi connectivity index (χ2v) is 3.16. The van der Waals surface area contributed by atoms with Crippen LogP contribution in [0.2, 0.25) is 0 Å². The lowest BCUT2D eigenvalue weighted by molar-refractivity contribution is -0.137. The Labute approximate surface area is 92.5 Å². The van der Waals surface area contributed by atoms with E-state index in [0.29, 0.717) is 5.56 Å². The van der Waals surface area contributed by atoms with Gasteiger partial charge in [0.05, 0.1) is 7.11 Å². The highest BCUT2D eigenvalue weighted by Gasteiger charge is 2.14. The molecule has 0 fully saturated rings. The molecule has 0 spiro atoms. The van der Waals surface area contributed by atoms with E-state index >= 15 is 0 Å². The number of rotatable bonds is 3. The van der Waals surface area contributed by atoms with Crippen LogP contribution in [0.15, 0.2) is 29.8 Å². The first-order valence-corrected chi connectivity index (χ1v) is 4.61. The van der Waals surface area contributed by atoms with E-state index in [1.54, 1.807) is 0 Å². The number of ether oxygens (including phenoxy) is 1. The van der Waals surface area contributed by atoms with E-state index in [-0.39, 0.29) is 11.4 Å². The monoisotopic (exact) mass is 222 g/mol. The average Bonchev–Trinajstić information content (AvgIpc) is 2.27. The number of benzene rings is 1. The molecule has 3 nitrogen and oxygen atoms in total. The number of Topliss-reactive ketones (excluding diaryl/α,β-unsaturated/α-hetero) is 1. The molecule has 0 saturated heterocycles. The van der Waals surface area contributed by atoms with Gasteiger partial charge in [0.25, 0.3) is 0 Å². The first-order valence-electron chi connectivity index (χ1n) is 4.61. The first kappa shape index (κ1) is 12.1. The highest BCUT2D eigenvalue weighted by atomic mass is 19.1. The van der Waals surface area contributed by atoms with E-state index < -0.39 is 11.8 Å². The maximum atomic E-state index is 12.6. The normalized spacial score (nSPS) is 11.1. The molecule has 1 aromatic rings. The highest BCUT2D eigenvalue weighted by molar-refractivity contribution is 6.19. The zero-order valence-electron chi connectivity index (χ0n) is 8.99. The lowest BCUT2D eigenvalue weighted by atomic mass is 10.1. The molecule has 0 aromatic heterocycles. The number of methoxy groups -OCH3 is 1. The number of carbonyl (C=O) groups is 2. The predicted molar refractivity (Wildman–Crippen MR) is 57.1 cm³/mol. The Kier molecular flexibility index (Phi) is 3.94. The van der Waals surface area contributed by atoms with Gasteiger partial charge in [-0.1, -0.05) is 12.1 Å². The summed E-state index contributed by atoms with van der Waals surface area (Å²) in [7, 11) is 1.20.